The minimum Gasteiger partial charge on any atom is -0.312 e. The van der Waals surface area contributed by atoms with Crippen molar-refractivity contribution in [2.45, 2.75) is 57.9 Å². The monoisotopic (exact) mass is 293 g/mol. The molecule has 1 aliphatic carbocycles. The minimum atomic E-state index is 0.778. The Bertz CT molecular complexity index is 289. The Balaban J connectivity index is 1.36. The van der Waals surface area contributed by atoms with Gasteiger partial charge in [-0.05, 0) is 89.5 Å². The van der Waals surface area contributed by atoms with E-state index in [4.69, 9.17) is 0 Å². The SMILES string of the molecule is CCCNC(CN1CCC(CN2CCCC2)CC1)C1CC1. The van der Waals surface area contributed by atoms with Gasteiger partial charge in [-0.2, -0.15) is 0 Å². The van der Waals surface area contributed by atoms with Gasteiger partial charge >= 0.3 is 0 Å². The van der Waals surface area contributed by atoms with Gasteiger partial charge in [0.25, 0.3) is 0 Å². The molecule has 0 spiro atoms. The van der Waals surface area contributed by atoms with Crippen LogP contribution in [0.25, 0.3) is 0 Å². The average molecular weight is 293 g/mol. The summed E-state index contributed by atoms with van der Waals surface area (Å²) in [5.41, 5.74) is 0. The van der Waals surface area contributed by atoms with E-state index >= 15 is 0 Å². The summed E-state index contributed by atoms with van der Waals surface area (Å²) in [5, 5.41) is 3.80. The second-order valence-electron chi connectivity index (χ2n) is 7.65. The molecule has 122 valence electrons. The van der Waals surface area contributed by atoms with Crippen LogP contribution in [0.3, 0.4) is 0 Å². The molecule has 1 N–H and O–H groups in total. The zero-order chi connectivity index (χ0) is 14.5. The third-order valence-corrected chi connectivity index (χ3v) is 5.72. The summed E-state index contributed by atoms with van der Waals surface area (Å²) in [7, 11) is 0. The third-order valence-electron chi connectivity index (χ3n) is 5.72. The van der Waals surface area contributed by atoms with Gasteiger partial charge in [0.1, 0.15) is 0 Å². The Labute approximate surface area is 131 Å². The van der Waals surface area contributed by atoms with Gasteiger partial charge in [0, 0.05) is 19.1 Å². The van der Waals surface area contributed by atoms with Gasteiger partial charge in [-0.15, -0.1) is 0 Å². The Hall–Kier alpha value is -0.120. The van der Waals surface area contributed by atoms with Crippen molar-refractivity contribution in [3.8, 4) is 0 Å². The fourth-order valence-corrected chi connectivity index (χ4v) is 4.17. The van der Waals surface area contributed by atoms with Gasteiger partial charge in [-0.3, -0.25) is 0 Å². The predicted molar refractivity (Wildman–Crippen MR) is 89.6 cm³/mol. The first-order valence-electron chi connectivity index (χ1n) is 9.53. The number of hydrogen-bond acceptors (Lipinski definition) is 3. The van der Waals surface area contributed by atoms with Gasteiger partial charge in [0.15, 0.2) is 0 Å². The maximum atomic E-state index is 3.80. The van der Waals surface area contributed by atoms with Gasteiger partial charge < -0.3 is 15.1 Å². The largest absolute Gasteiger partial charge is 0.312 e. The van der Waals surface area contributed by atoms with Crippen LogP contribution in [0.2, 0.25) is 0 Å². The first-order chi connectivity index (χ1) is 10.3. The van der Waals surface area contributed by atoms with E-state index in [1.807, 2.05) is 0 Å². The molecule has 0 bridgehead atoms. The van der Waals surface area contributed by atoms with Gasteiger partial charge in [0.05, 0.1) is 0 Å². The number of hydrogen-bond donors (Lipinski definition) is 1. The molecule has 2 aliphatic heterocycles. The van der Waals surface area contributed by atoms with Crippen molar-refractivity contribution in [3.05, 3.63) is 0 Å². The topological polar surface area (TPSA) is 18.5 Å². The molecular formula is C18H35N3. The highest BCUT2D eigenvalue weighted by atomic mass is 15.2. The van der Waals surface area contributed by atoms with Crippen LogP contribution < -0.4 is 5.32 Å². The third kappa shape index (κ3) is 4.94. The second kappa shape index (κ2) is 7.94. The predicted octanol–water partition coefficient (Wildman–Crippen LogP) is 2.57. The van der Waals surface area contributed by atoms with E-state index in [0.717, 1.165) is 17.9 Å². The van der Waals surface area contributed by atoms with Gasteiger partial charge in [-0.25, -0.2) is 0 Å². The summed E-state index contributed by atoms with van der Waals surface area (Å²) < 4.78 is 0. The molecule has 0 amide bonds. The summed E-state index contributed by atoms with van der Waals surface area (Å²) in [6, 6.07) is 0.778. The molecule has 3 rings (SSSR count). The molecule has 1 saturated carbocycles. The van der Waals surface area contributed by atoms with E-state index in [0.29, 0.717) is 0 Å². The minimum absolute atomic E-state index is 0.778. The normalized spacial score (nSPS) is 27.3. The molecule has 3 fully saturated rings. The van der Waals surface area contributed by atoms with Crippen molar-refractivity contribution in [2.75, 3.05) is 45.8 Å². The van der Waals surface area contributed by atoms with E-state index in [-0.39, 0.29) is 0 Å². The van der Waals surface area contributed by atoms with Crippen LogP contribution in [0.5, 0.6) is 0 Å². The quantitative estimate of drug-likeness (QED) is 0.742. The van der Waals surface area contributed by atoms with Crippen LogP contribution in [0.1, 0.15) is 51.9 Å². The van der Waals surface area contributed by atoms with Crippen LogP contribution in [-0.2, 0) is 0 Å². The fourth-order valence-electron chi connectivity index (χ4n) is 4.17. The Morgan fingerprint density at radius 3 is 2.29 bits per heavy atom. The summed E-state index contributed by atoms with van der Waals surface area (Å²) in [6.45, 7) is 11.6. The molecule has 0 aromatic rings. The lowest BCUT2D eigenvalue weighted by atomic mass is 9.95. The maximum Gasteiger partial charge on any atom is 0.0223 e. The average Bonchev–Trinajstić information content (AvgIpc) is 3.23. The van der Waals surface area contributed by atoms with Crippen LogP contribution >= 0.6 is 0 Å². The lowest BCUT2D eigenvalue weighted by Crippen LogP contribution is -2.46. The fraction of sp³-hybridized carbons (Fsp3) is 1.00. The highest BCUT2D eigenvalue weighted by Crippen LogP contribution is 2.33. The van der Waals surface area contributed by atoms with Crippen LogP contribution in [0.4, 0.5) is 0 Å². The Kier molecular flexibility index (Phi) is 5.96. The summed E-state index contributed by atoms with van der Waals surface area (Å²) >= 11 is 0. The highest BCUT2D eigenvalue weighted by Gasteiger charge is 2.33. The second-order valence-corrected chi connectivity index (χ2v) is 7.65. The molecular weight excluding hydrogens is 258 g/mol. The zero-order valence-corrected chi connectivity index (χ0v) is 14.0. The highest BCUT2D eigenvalue weighted by molar-refractivity contribution is 4.89. The first kappa shape index (κ1) is 15.8. The van der Waals surface area contributed by atoms with Crippen molar-refractivity contribution in [1.29, 1.82) is 0 Å². The number of rotatable bonds is 8. The van der Waals surface area contributed by atoms with Crippen molar-refractivity contribution >= 4 is 0 Å². The Morgan fingerprint density at radius 1 is 0.952 bits per heavy atom. The standard InChI is InChI=1S/C18H35N3/c1-2-9-19-18(17-5-6-17)15-21-12-7-16(8-13-21)14-20-10-3-4-11-20/h16-19H,2-15H2,1H3. The van der Waals surface area contributed by atoms with E-state index in [1.165, 1.54) is 90.8 Å². The molecule has 3 nitrogen and oxygen atoms in total. The van der Waals surface area contributed by atoms with Crippen molar-refractivity contribution in [1.82, 2.24) is 15.1 Å². The van der Waals surface area contributed by atoms with E-state index in [9.17, 15) is 0 Å². The zero-order valence-electron chi connectivity index (χ0n) is 14.0. The van der Waals surface area contributed by atoms with E-state index < -0.39 is 0 Å². The molecule has 2 heterocycles. The number of piperidine rings is 1. The number of nitrogens with one attached hydrogen (secondary N) is 1. The molecule has 1 unspecified atom stereocenters. The molecule has 3 aliphatic rings. The molecule has 0 radical (unpaired) electrons. The maximum absolute atomic E-state index is 3.80. The lowest BCUT2D eigenvalue weighted by Gasteiger charge is -2.36. The summed E-state index contributed by atoms with van der Waals surface area (Å²) in [5.74, 6) is 1.96. The smallest absolute Gasteiger partial charge is 0.0223 e. The molecule has 0 aromatic carbocycles. The molecule has 1 atom stereocenters. The van der Waals surface area contributed by atoms with Crippen LogP contribution in [0.15, 0.2) is 0 Å². The van der Waals surface area contributed by atoms with E-state index in [1.54, 1.807) is 0 Å². The van der Waals surface area contributed by atoms with Crippen molar-refractivity contribution < 1.29 is 0 Å². The number of nitrogens with zero attached hydrogens (tertiary/aromatic N) is 2. The van der Waals surface area contributed by atoms with Crippen molar-refractivity contribution in [3.63, 3.8) is 0 Å². The first-order valence-corrected chi connectivity index (χ1v) is 9.53. The van der Waals surface area contributed by atoms with Crippen LogP contribution in [-0.4, -0.2) is 61.7 Å². The lowest BCUT2D eigenvalue weighted by molar-refractivity contribution is 0.140. The van der Waals surface area contributed by atoms with Crippen molar-refractivity contribution in [2.24, 2.45) is 11.8 Å². The summed E-state index contributed by atoms with van der Waals surface area (Å²) in [6.07, 6.45) is 9.93. The van der Waals surface area contributed by atoms with Crippen LogP contribution in [0, 0.1) is 11.8 Å². The number of likely N-dealkylation sites (tertiary alicyclic amines) is 2. The molecule has 2 saturated heterocycles. The van der Waals surface area contributed by atoms with E-state index in [2.05, 4.69) is 22.0 Å². The summed E-state index contributed by atoms with van der Waals surface area (Å²) in [4.78, 5) is 5.45. The van der Waals surface area contributed by atoms with Gasteiger partial charge in [-0.1, -0.05) is 6.92 Å². The molecule has 21 heavy (non-hydrogen) atoms. The van der Waals surface area contributed by atoms with Gasteiger partial charge in [0.2, 0.25) is 0 Å². The molecule has 3 heteroatoms. The Morgan fingerprint density at radius 2 is 1.67 bits per heavy atom. The molecule has 0 aromatic heterocycles.